The molecule has 1 amide bonds. The normalized spacial score (nSPS) is 9.55. The van der Waals surface area contributed by atoms with Crippen LogP contribution in [-0.4, -0.2) is 10.5 Å². The van der Waals surface area contributed by atoms with Crippen LogP contribution in [0.1, 0.15) is 10.4 Å². The van der Waals surface area contributed by atoms with Gasteiger partial charge in [0.2, 0.25) is 5.91 Å². The van der Waals surface area contributed by atoms with Crippen molar-refractivity contribution in [3.05, 3.63) is 34.2 Å². The number of carbonyl (C=O) groups excluding carboxylic acids is 1. The van der Waals surface area contributed by atoms with Crippen LogP contribution in [0.4, 0.5) is 0 Å². The van der Waals surface area contributed by atoms with Gasteiger partial charge < -0.3 is 10.3 Å². The number of aryl methyl sites for hydroxylation is 1. The summed E-state index contributed by atoms with van der Waals surface area (Å²) in [6.45, 7) is 0. The van der Waals surface area contributed by atoms with Crippen LogP contribution in [0.15, 0.2) is 23.1 Å². The number of amides is 1. The second-order valence-electron chi connectivity index (χ2n) is 2.23. The van der Waals surface area contributed by atoms with Crippen LogP contribution in [0.3, 0.4) is 0 Å². The minimum absolute atomic E-state index is 0.235. The summed E-state index contributed by atoms with van der Waals surface area (Å²) in [4.78, 5) is 21.4. The zero-order valence-corrected chi connectivity index (χ0v) is 6.07. The number of rotatable bonds is 1. The van der Waals surface area contributed by atoms with Gasteiger partial charge in [-0.25, -0.2) is 0 Å². The molecule has 0 unspecified atom stereocenters. The predicted molar refractivity (Wildman–Crippen MR) is 40.2 cm³/mol. The number of hydrogen-bond donors (Lipinski definition) is 1. The first kappa shape index (κ1) is 7.53. The van der Waals surface area contributed by atoms with Crippen LogP contribution in [0, 0.1) is 0 Å². The summed E-state index contributed by atoms with van der Waals surface area (Å²) in [7, 11) is 1.60. The van der Waals surface area contributed by atoms with Crippen LogP contribution in [0.5, 0.6) is 0 Å². The number of pyridine rings is 1. The topological polar surface area (TPSA) is 65.1 Å². The van der Waals surface area contributed by atoms with Crippen molar-refractivity contribution in [1.82, 2.24) is 4.57 Å². The van der Waals surface area contributed by atoms with Gasteiger partial charge in [-0.2, -0.15) is 0 Å². The Balaban J connectivity index is 3.26. The van der Waals surface area contributed by atoms with E-state index in [-0.39, 0.29) is 11.1 Å². The monoisotopic (exact) mass is 152 g/mol. The molecular formula is C7H8N2O2. The van der Waals surface area contributed by atoms with Gasteiger partial charge in [0.1, 0.15) is 0 Å². The van der Waals surface area contributed by atoms with E-state index in [1.54, 1.807) is 7.05 Å². The molecule has 1 heterocycles. The van der Waals surface area contributed by atoms with E-state index in [2.05, 4.69) is 0 Å². The Hall–Kier alpha value is -1.58. The fourth-order valence-corrected chi connectivity index (χ4v) is 0.702. The maximum absolute atomic E-state index is 10.9. The van der Waals surface area contributed by atoms with E-state index in [1.807, 2.05) is 0 Å². The van der Waals surface area contributed by atoms with Crippen molar-refractivity contribution in [2.45, 2.75) is 0 Å². The highest BCUT2D eigenvalue weighted by Gasteiger charge is 1.99. The van der Waals surface area contributed by atoms with Gasteiger partial charge in [-0.05, 0) is 6.07 Å². The van der Waals surface area contributed by atoms with Gasteiger partial charge >= 0.3 is 0 Å². The van der Waals surface area contributed by atoms with E-state index in [9.17, 15) is 9.59 Å². The van der Waals surface area contributed by atoms with Crippen LogP contribution in [0.2, 0.25) is 0 Å². The van der Waals surface area contributed by atoms with E-state index in [4.69, 9.17) is 5.73 Å². The summed E-state index contributed by atoms with van der Waals surface area (Å²) >= 11 is 0. The van der Waals surface area contributed by atoms with E-state index in [0.29, 0.717) is 0 Å². The zero-order valence-electron chi connectivity index (χ0n) is 6.07. The first-order valence-electron chi connectivity index (χ1n) is 3.08. The molecule has 11 heavy (non-hydrogen) atoms. The molecule has 0 aliphatic rings. The van der Waals surface area contributed by atoms with E-state index < -0.39 is 5.91 Å². The molecule has 0 spiro atoms. The fraction of sp³-hybridized carbons (Fsp3) is 0.143. The van der Waals surface area contributed by atoms with Crippen molar-refractivity contribution in [3.63, 3.8) is 0 Å². The molecule has 0 saturated heterocycles. The second-order valence-corrected chi connectivity index (χ2v) is 2.23. The van der Waals surface area contributed by atoms with Crippen molar-refractivity contribution >= 4 is 5.91 Å². The summed E-state index contributed by atoms with van der Waals surface area (Å²) in [5.41, 5.74) is 4.95. The standard InChI is InChI=1S/C7H8N2O2/c1-9-3-2-5(7(8)11)4-6(9)10/h2-4H,1H3,(H2,8,11). The highest BCUT2D eigenvalue weighted by Crippen LogP contribution is 1.90. The number of nitrogens with zero attached hydrogens (tertiary/aromatic N) is 1. The Bertz CT molecular complexity index is 341. The molecule has 0 aliphatic carbocycles. The summed E-state index contributed by atoms with van der Waals surface area (Å²) in [6, 6.07) is 2.71. The molecule has 0 bridgehead atoms. The highest BCUT2D eigenvalue weighted by molar-refractivity contribution is 5.92. The summed E-state index contributed by atoms with van der Waals surface area (Å²) in [5, 5.41) is 0. The van der Waals surface area contributed by atoms with Gasteiger partial charge in [0, 0.05) is 24.9 Å². The Kier molecular flexibility index (Phi) is 1.76. The molecule has 1 aromatic heterocycles. The smallest absolute Gasteiger partial charge is 0.251 e. The van der Waals surface area contributed by atoms with E-state index in [0.717, 1.165) is 0 Å². The van der Waals surface area contributed by atoms with Crippen molar-refractivity contribution in [1.29, 1.82) is 0 Å². The van der Waals surface area contributed by atoms with Crippen LogP contribution in [0.25, 0.3) is 0 Å². The third-order valence-corrected chi connectivity index (χ3v) is 1.39. The molecule has 1 aromatic rings. The Labute approximate surface area is 63.3 Å². The average Bonchev–Trinajstić information content (AvgIpc) is 1.94. The average molecular weight is 152 g/mol. The third-order valence-electron chi connectivity index (χ3n) is 1.39. The number of primary amides is 1. The number of carbonyl (C=O) groups is 1. The van der Waals surface area contributed by atoms with Gasteiger partial charge in [-0.1, -0.05) is 0 Å². The van der Waals surface area contributed by atoms with Crippen LogP contribution < -0.4 is 11.3 Å². The van der Waals surface area contributed by atoms with Gasteiger partial charge in [0.25, 0.3) is 5.56 Å². The number of nitrogens with two attached hydrogens (primary N) is 1. The van der Waals surface area contributed by atoms with E-state index >= 15 is 0 Å². The molecule has 58 valence electrons. The molecule has 4 heteroatoms. The second kappa shape index (κ2) is 2.57. The molecule has 0 radical (unpaired) electrons. The quantitative estimate of drug-likeness (QED) is 0.588. The van der Waals surface area contributed by atoms with Gasteiger partial charge in [-0.3, -0.25) is 9.59 Å². The minimum Gasteiger partial charge on any atom is -0.366 e. The number of aromatic nitrogens is 1. The maximum Gasteiger partial charge on any atom is 0.251 e. The molecule has 1 rings (SSSR count). The predicted octanol–water partition coefficient (Wildman–Crippen LogP) is -0.516. The molecule has 0 fully saturated rings. The van der Waals surface area contributed by atoms with Crippen molar-refractivity contribution in [2.24, 2.45) is 12.8 Å². The van der Waals surface area contributed by atoms with Gasteiger partial charge in [0.05, 0.1) is 0 Å². The fourth-order valence-electron chi connectivity index (χ4n) is 0.702. The molecule has 0 atom stereocenters. The lowest BCUT2D eigenvalue weighted by Crippen LogP contribution is -2.19. The third kappa shape index (κ3) is 1.46. The van der Waals surface area contributed by atoms with E-state index in [1.165, 1.54) is 22.9 Å². The van der Waals surface area contributed by atoms with Crippen LogP contribution >= 0.6 is 0 Å². The van der Waals surface area contributed by atoms with Crippen molar-refractivity contribution < 1.29 is 4.79 Å². The first-order valence-corrected chi connectivity index (χ1v) is 3.08. The zero-order chi connectivity index (χ0) is 8.43. The van der Waals surface area contributed by atoms with Gasteiger partial charge in [-0.15, -0.1) is 0 Å². The first-order chi connectivity index (χ1) is 5.11. The minimum atomic E-state index is -0.581. The Morgan fingerprint density at radius 2 is 2.27 bits per heavy atom. The molecular weight excluding hydrogens is 144 g/mol. The summed E-state index contributed by atoms with van der Waals surface area (Å²) in [5.74, 6) is -0.581. The van der Waals surface area contributed by atoms with Gasteiger partial charge in [0.15, 0.2) is 0 Å². The number of hydrogen-bond acceptors (Lipinski definition) is 2. The van der Waals surface area contributed by atoms with Crippen LogP contribution in [-0.2, 0) is 7.05 Å². The molecule has 0 saturated carbocycles. The van der Waals surface area contributed by atoms with Crippen molar-refractivity contribution in [2.75, 3.05) is 0 Å². The SMILES string of the molecule is Cn1ccc(C(N)=O)cc1=O. The molecule has 0 aromatic carbocycles. The Morgan fingerprint density at radius 1 is 1.64 bits per heavy atom. The maximum atomic E-state index is 10.9. The summed E-state index contributed by atoms with van der Waals surface area (Å²) < 4.78 is 1.37. The Morgan fingerprint density at radius 3 is 2.73 bits per heavy atom. The lowest BCUT2D eigenvalue weighted by Gasteiger charge is -1.96. The molecule has 0 aliphatic heterocycles. The lowest BCUT2D eigenvalue weighted by molar-refractivity contribution is 0.1000. The largest absolute Gasteiger partial charge is 0.366 e. The highest BCUT2D eigenvalue weighted by atomic mass is 16.1. The lowest BCUT2D eigenvalue weighted by atomic mass is 10.2. The molecule has 4 nitrogen and oxygen atoms in total. The molecule has 2 N–H and O–H groups in total. The van der Waals surface area contributed by atoms with Crippen molar-refractivity contribution in [3.8, 4) is 0 Å². The summed E-state index contributed by atoms with van der Waals surface area (Å²) in [6.07, 6.45) is 1.50.